The second-order valence-corrected chi connectivity index (χ2v) is 6.33. The maximum absolute atomic E-state index is 9.59. The van der Waals surface area contributed by atoms with E-state index in [0.717, 1.165) is 42.9 Å². The van der Waals surface area contributed by atoms with Crippen LogP contribution in [-0.2, 0) is 12.8 Å². The Bertz CT molecular complexity index is 580. The van der Waals surface area contributed by atoms with Crippen molar-refractivity contribution in [1.29, 1.82) is 0 Å². The van der Waals surface area contributed by atoms with Crippen LogP contribution in [0.4, 0.5) is 0 Å². The summed E-state index contributed by atoms with van der Waals surface area (Å²) in [7, 11) is 1.68. The Balaban J connectivity index is 1.75. The monoisotopic (exact) mass is 332 g/mol. The SMILES string of the molecule is COc1ccc(CCC(CO)CCCc2ccccc2Cl)cc1. The van der Waals surface area contributed by atoms with Gasteiger partial charge in [-0.3, -0.25) is 0 Å². The van der Waals surface area contributed by atoms with E-state index in [1.165, 1.54) is 11.1 Å². The van der Waals surface area contributed by atoms with Crippen molar-refractivity contribution in [1.82, 2.24) is 0 Å². The van der Waals surface area contributed by atoms with Crippen LogP contribution in [0.25, 0.3) is 0 Å². The van der Waals surface area contributed by atoms with E-state index < -0.39 is 0 Å². The average molecular weight is 333 g/mol. The fourth-order valence-electron chi connectivity index (χ4n) is 2.77. The Morgan fingerprint density at radius 3 is 2.39 bits per heavy atom. The van der Waals surface area contributed by atoms with Crippen molar-refractivity contribution < 1.29 is 9.84 Å². The number of rotatable bonds is 9. The van der Waals surface area contributed by atoms with Crippen molar-refractivity contribution in [2.45, 2.75) is 32.1 Å². The normalized spacial score (nSPS) is 12.1. The van der Waals surface area contributed by atoms with Crippen molar-refractivity contribution >= 4 is 11.6 Å². The van der Waals surface area contributed by atoms with E-state index in [4.69, 9.17) is 16.3 Å². The number of halogens is 1. The lowest BCUT2D eigenvalue weighted by Gasteiger charge is -2.14. The first-order chi connectivity index (χ1) is 11.2. The Morgan fingerprint density at radius 1 is 1.00 bits per heavy atom. The quantitative estimate of drug-likeness (QED) is 0.706. The first-order valence-corrected chi connectivity index (χ1v) is 8.58. The standard InChI is InChI=1S/C20H25ClO2/c1-23-19-13-11-16(12-14-19)9-10-17(15-22)5-4-7-18-6-2-3-8-20(18)21/h2-3,6,8,11-14,17,22H,4-5,7,9-10,15H2,1H3. The fraction of sp³-hybridized carbons (Fsp3) is 0.400. The van der Waals surface area contributed by atoms with Crippen molar-refractivity contribution in [3.8, 4) is 5.75 Å². The van der Waals surface area contributed by atoms with Crippen LogP contribution in [0.3, 0.4) is 0 Å². The van der Waals surface area contributed by atoms with Crippen LogP contribution in [0.1, 0.15) is 30.4 Å². The van der Waals surface area contributed by atoms with Crippen molar-refractivity contribution in [3.05, 3.63) is 64.7 Å². The molecule has 0 saturated carbocycles. The van der Waals surface area contributed by atoms with Crippen LogP contribution in [0.5, 0.6) is 5.75 Å². The molecule has 0 spiro atoms. The van der Waals surface area contributed by atoms with E-state index in [1.807, 2.05) is 30.3 Å². The number of methoxy groups -OCH3 is 1. The van der Waals surface area contributed by atoms with Gasteiger partial charge in [-0.15, -0.1) is 0 Å². The summed E-state index contributed by atoms with van der Waals surface area (Å²) in [6.07, 6.45) is 5.04. The van der Waals surface area contributed by atoms with Gasteiger partial charge in [0, 0.05) is 11.6 Å². The van der Waals surface area contributed by atoms with E-state index in [9.17, 15) is 5.11 Å². The summed E-state index contributed by atoms with van der Waals surface area (Å²) in [6, 6.07) is 16.2. The summed E-state index contributed by atoms with van der Waals surface area (Å²) in [5, 5.41) is 10.4. The molecule has 2 rings (SSSR count). The number of benzene rings is 2. The molecule has 0 amide bonds. The van der Waals surface area contributed by atoms with E-state index in [0.29, 0.717) is 5.92 Å². The number of hydrogen-bond acceptors (Lipinski definition) is 2. The molecular weight excluding hydrogens is 308 g/mol. The highest BCUT2D eigenvalue weighted by Crippen LogP contribution is 2.21. The van der Waals surface area contributed by atoms with Crippen LogP contribution >= 0.6 is 11.6 Å². The number of ether oxygens (including phenoxy) is 1. The summed E-state index contributed by atoms with van der Waals surface area (Å²) in [4.78, 5) is 0. The van der Waals surface area contributed by atoms with Gasteiger partial charge >= 0.3 is 0 Å². The zero-order valence-electron chi connectivity index (χ0n) is 13.7. The minimum atomic E-state index is 0.249. The zero-order chi connectivity index (χ0) is 16.5. The molecule has 2 aromatic rings. The summed E-state index contributed by atoms with van der Waals surface area (Å²) in [5.74, 6) is 1.23. The first kappa shape index (κ1) is 17.8. The van der Waals surface area contributed by atoms with Gasteiger partial charge < -0.3 is 9.84 Å². The molecule has 2 nitrogen and oxygen atoms in total. The van der Waals surface area contributed by atoms with Gasteiger partial charge in [-0.25, -0.2) is 0 Å². The highest BCUT2D eigenvalue weighted by Gasteiger charge is 2.09. The Labute approximate surface area is 144 Å². The van der Waals surface area contributed by atoms with Crippen LogP contribution < -0.4 is 4.74 Å². The van der Waals surface area contributed by atoms with Crippen LogP contribution in [0, 0.1) is 5.92 Å². The van der Waals surface area contributed by atoms with Gasteiger partial charge in [0.05, 0.1) is 7.11 Å². The molecule has 0 saturated heterocycles. The minimum Gasteiger partial charge on any atom is -0.497 e. The average Bonchev–Trinajstić information content (AvgIpc) is 2.60. The third-order valence-corrected chi connectivity index (χ3v) is 4.64. The van der Waals surface area contributed by atoms with Gasteiger partial charge in [0.25, 0.3) is 0 Å². The predicted molar refractivity (Wildman–Crippen MR) is 96.3 cm³/mol. The lowest BCUT2D eigenvalue weighted by Crippen LogP contribution is -2.08. The second-order valence-electron chi connectivity index (χ2n) is 5.92. The van der Waals surface area contributed by atoms with E-state index in [-0.39, 0.29) is 6.61 Å². The molecule has 2 aromatic carbocycles. The molecule has 1 N–H and O–H groups in total. The Kier molecular flexibility index (Phi) is 7.44. The third kappa shape index (κ3) is 5.89. The smallest absolute Gasteiger partial charge is 0.118 e. The van der Waals surface area contributed by atoms with Crippen LogP contribution in [-0.4, -0.2) is 18.8 Å². The highest BCUT2D eigenvalue weighted by atomic mass is 35.5. The van der Waals surface area contributed by atoms with E-state index in [1.54, 1.807) is 7.11 Å². The first-order valence-electron chi connectivity index (χ1n) is 8.20. The molecule has 1 atom stereocenters. The van der Waals surface area contributed by atoms with E-state index >= 15 is 0 Å². The molecule has 0 radical (unpaired) electrons. The van der Waals surface area contributed by atoms with Crippen LogP contribution in [0.15, 0.2) is 48.5 Å². The number of aryl methyl sites for hydroxylation is 2. The molecule has 0 aromatic heterocycles. The molecule has 0 aliphatic heterocycles. The van der Waals surface area contributed by atoms with Crippen molar-refractivity contribution in [2.75, 3.05) is 13.7 Å². The van der Waals surface area contributed by atoms with Gasteiger partial charge in [0.15, 0.2) is 0 Å². The molecule has 0 heterocycles. The van der Waals surface area contributed by atoms with Crippen LogP contribution in [0.2, 0.25) is 5.02 Å². The topological polar surface area (TPSA) is 29.5 Å². The van der Waals surface area contributed by atoms with Gasteiger partial charge in [0.1, 0.15) is 5.75 Å². The van der Waals surface area contributed by atoms with Gasteiger partial charge in [-0.1, -0.05) is 41.9 Å². The number of hydrogen-bond donors (Lipinski definition) is 1. The summed E-state index contributed by atoms with van der Waals surface area (Å²) >= 11 is 6.18. The molecule has 0 bridgehead atoms. The third-order valence-electron chi connectivity index (χ3n) is 4.27. The van der Waals surface area contributed by atoms with Crippen molar-refractivity contribution in [2.24, 2.45) is 5.92 Å². The summed E-state index contributed by atoms with van der Waals surface area (Å²) in [5.41, 5.74) is 2.48. The summed E-state index contributed by atoms with van der Waals surface area (Å²) < 4.78 is 5.17. The molecule has 0 aliphatic carbocycles. The lowest BCUT2D eigenvalue weighted by atomic mass is 9.94. The maximum atomic E-state index is 9.59. The molecule has 23 heavy (non-hydrogen) atoms. The number of aliphatic hydroxyl groups excluding tert-OH is 1. The maximum Gasteiger partial charge on any atom is 0.118 e. The number of aliphatic hydroxyl groups is 1. The predicted octanol–water partition coefficient (Wildman–Crippen LogP) is 4.91. The molecule has 3 heteroatoms. The van der Waals surface area contributed by atoms with Gasteiger partial charge in [-0.05, 0) is 67.3 Å². The Hall–Kier alpha value is -1.51. The molecule has 1 unspecified atom stereocenters. The molecule has 0 aliphatic rings. The summed E-state index contributed by atoms with van der Waals surface area (Å²) in [6.45, 7) is 0.249. The molecular formula is C20H25ClO2. The van der Waals surface area contributed by atoms with Gasteiger partial charge in [0.2, 0.25) is 0 Å². The second kappa shape index (κ2) is 9.59. The largest absolute Gasteiger partial charge is 0.497 e. The van der Waals surface area contributed by atoms with E-state index in [2.05, 4.69) is 18.2 Å². The zero-order valence-corrected chi connectivity index (χ0v) is 14.4. The molecule has 124 valence electrons. The highest BCUT2D eigenvalue weighted by molar-refractivity contribution is 6.31. The fourth-order valence-corrected chi connectivity index (χ4v) is 3.00. The van der Waals surface area contributed by atoms with Gasteiger partial charge in [-0.2, -0.15) is 0 Å². The Morgan fingerprint density at radius 2 is 1.74 bits per heavy atom. The lowest BCUT2D eigenvalue weighted by molar-refractivity contribution is 0.208. The molecule has 0 fully saturated rings. The van der Waals surface area contributed by atoms with Crippen molar-refractivity contribution in [3.63, 3.8) is 0 Å². The minimum absolute atomic E-state index is 0.249.